The maximum absolute atomic E-state index is 11.5. The third kappa shape index (κ3) is 3.70. The normalized spacial score (nSPS) is 11.5. The number of carbonyl (C=O) groups excluding carboxylic acids is 1. The van der Waals surface area contributed by atoms with Crippen molar-refractivity contribution in [2.45, 2.75) is 33.1 Å². The van der Waals surface area contributed by atoms with Crippen molar-refractivity contribution in [3.05, 3.63) is 42.0 Å². The van der Waals surface area contributed by atoms with Crippen molar-refractivity contribution in [1.29, 1.82) is 0 Å². The molecule has 0 radical (unpaired) electrons. The van der Waals surface area contributed by atoms with Gasteiger partial charge in [-0.15, -0.1) is 0 Å². The van der Waals surface area contributed by atoms with E-state index in [2.05, 4.69) is 13.0 Å². The fourth-order valence-corrected chi connectivity index (χ4v) is 1.53. The van der Waals surface area contributed by atoms with Gasteiger partial charge in [-0.1, -0.05) is 56.2 Å². The van der Waals surface area contributed by atoms with E-state index in [1.807, 2.05) is 30.3 Å². The van der Waals surface area contributed by atoms with E-state index in [0.29, 0.717) is 0 Å². The molecule has 80 valence electrons. The van der Waals surface area contributed by atoms with E-state index in [-0.39, 0.29) is 5.78 Å². The lowest BCUT2D eigenvalue weighted by molar-refractivity contribution is -0.111. The van der Waals surface area contributed by atoms with Crippen LogP contribution in [0.4, 0.5) is 0 Å². The summed E-state index contributed by atoms with van der Waals surface area (Å²) in [6, 6.07) is 9.86. The van der Waals surface area contributed by atoms with Gasteiger partial charge >= 0.3 is 0 Å². The molecule has 0 heterocycles. The Balaban J connectivity index is 2.84. The molecule has 1 aromatic carbocycles. The van der Waals surface area contributed by atoms with Gasteiger partial charge in [0.2, 0.25) is 0 Å². The molecule has 0 aliphatic carbocycles. The molecule has 0 N–H and O–H groups in total. The molecule has 0 saturated carbocycles. The molecule has 0 atom stereocenters. The quantitative estimate of drug-likeness (QED) is 0.523. The number of hydrogen-bond donors (Lipinski definition) is 0. The highest BCUT2D eigenvalue weighted by atomic mass is 16.1. The van der Waals surface area contributed by atoms with Crippen molar-refractivity contribution in [2.24, 2.45) is 0 Å². The van der Waals surface area contributed by atoms with E-state index in [9.17, 15) is 4.79 Å². The van der Waals surface area contributed by atoms with Crippen LogP contribution in [-0.2, 0) is 4.79 Å². The highest BCUT2D eigenvalue weighted by Crippen LogP contribution is 2.16. The highest BCUT2D eigenvalue weighted by Gasteiger charge is 2.05. The van der Waals surface area contributed by atoms with Gasteiger partial charge in [0.15, 0.2) is 5.78 Å². The first-order valence-electron chi connectivity index (χ1n) is 5.52. The van der Waals surface area contributed by atoms with Crippen LogP contribution in [0.25, 0.3) is 5.57 Å². The van der Waals surface area contributed by atoms with Gasteiger partial charge in [-0.05, 0) is 18.9 Å². The topological polar surface area (TPSA) is 17.1 Å². The number of unbranched alkanes of at least 4 members (excludes halogenated alkanes) is 2. The number of allylic oxidation sites excluding steroid dienone is 2. The molecule has 1 heteroatoms. The molecular formula is C14H18O. The summed E-state index contributed by atoms with van der Waals surface area (Å²) in [5.74, 6) is 0.150. The van der Waals surface area contributed by atoms with Crippen molar-refractivity contribution < 1.29 is 4.79 Å². The van der Waals surface area contributed by atoms with Gasteiger partial charge in [-0.3, -0.25) is 4.79 Å². The maximum atomic E-state index is 11.5. The van der Waals surface area contributed by atoms with Gasteiger partial charge in [0.1, 0.15) is 0 Å². The summed E-state index contributed by atoms with van der Waals surface area (Å²) in [5, 5.41) is 0. The maximum Gasteiger partial charge on any atom is 0.160 e. The summed E-state index contributed by atoms with van der Waals surface area (Å²) in [7, 11) is 0. The first-order valence-corrected chi connectivity index (χ1v) is 5.52. The van der Waals surface area contributed by atoms with E-state index < -0.39 is 0 Å². The minimum absolute atomic E-state index is 0.150. The molecule has 0 bridgehead atoms. The lowest BCUT2D eigenvalue weighted by Crippen LogP contribution is -1.95. The number of ketones is 1. The first kappa shape index (κ1) is 11.7. The van der Waals surface area contributed by atoms with E-state index in [0.717, 1.165) is 30.4 Å². The van der Waals surface area contributed by atoms with Crippen molar-refractivity contribution in [3.8, 4) is 0 Å². The molecule has 0 unspecified atom stereocenters. The van der Waals surface area contributed by atoms with E-state index in [4.69, 9.17) is 0 Å². The molecule has 0 amide bonds. The Morgan fingerprint density at radius 1 is 1.27 bits per heavy atom. The molecule has 1 aromatic rings. The molecule has 0 spiro atoms. The summed E-state index contributed by atoms with van der Waals surface area (Å²) >= 11 is 0. The number of rotatable bonds is 5. The third-order valence-electron chi connectivity index (χ3n) is 2.37. The SMILES string of the molecule is CCCC/C=C(/C(C)=O)c1ccccc1. The fourth-order valence-electron chi connectivity index (χ4n) is 1.53. The standard InChI is InChI=1S/C14H18O/c1-3-4-6-11-14(12(2)15)13-9-7-5-8-10-13/h5,7-11H,3-4,6H2,1-2H3/b14-11-. The lowest BCUT2D eigenvalue weighted by atomic mass is 10.0. The van der Waals surface area contributed by atoms with Crippen LogP contribution in [0.3, 0.4) is 0 Å². The largest absolute Gasteiger partial charge is 0.295 e. The van der Waals surface area contributed by atoms with Crippen LogP contribution in [0.2, 0.25) is 0 Å². The highest BCUT2D eigenvalue weighted by molar-refractivity contribution is 6.19. The monoisotopic (exact) mass is 202 g/mol. The first-order chi connectivity index (χ1) is 7.25. The molecular weight excluding hydrogens is 184 g/mol. The molecule has 1 rings (SSSR count). The van der Waals surface area contributed by atoms with Gasteiger partial charge in [-0.25, -0.2) is 0 Å². The predicted molar refractivity (Wildman–Crippen MR) is 64.6 cm³/mol. The van der Waals surface area contributed by atoms with Crippen LogP contribution in [0, 0.1) is 0 Å². The Morgan fingerprint density at radius 2 is 1.93 bits per heavy atom. The Labute approximate surface area is 91.8 Å². The molecule has 0 aliphatic rings. The Kier molecular flexibility index (Phi) is 4.82. The molecule has 1 nitrogen and oxygen atoms in total. The van der Waals surface area contributed by atoms with Crippen LogP contribution in [0.1, 0.15) is 38.7 Å². The second-order valence-corrected chi connectivity index (χ2v) is 3.68. The summed E-state index contributed by atoms with van der Waals surface area (Å²) in [5.41, 5.74) is 1.88. The molecule has 0 aromatic heterocycles. The Bertz CT molecular complexity index is 336. The van der Waals surface area contributed by atoms with Gasteiger partial charge < -0.3 is 0 Å². The smallest absolute Gasteiger partial charge is 0.160 e. The molecule has 0 saturated heterocycles. The predicted octanol–water partition coefficient (Wildman–Crippen LogP) is 3.85. The zero-order chi connectivity index (χ0) is 11.1. The van der Waals surface area contributed by atoms with Crippen molar-refractivity contribution in [1.82, 2.24) is 0 Å². The molecule has 0 aliphatic heterocycles. The third-order valence-corrected chi connectivity index (χ3v) is 2.37. The average molecular weight is 202 g/mol. The second kappa shape index (κ2) is 6.18. The Morgan fingerprint density at radius 3 is 2.47 bits per heavy atom. The average Bonchev–Trinajstić information content (AvgIpc) is 2.25. The summed E-state index contributed by atoms with van der Waals surface area (Å²) in [6.45, 7) is 3.79. The van der Waals surface area contributed by atoms with Gasteiger partial charge in [0.05, 0.1) is 0 Å². The fraction of sp³-hybridized carbons (Fsp3) is 0.357. The number of Topliss-reactive ketones (excluding diaryl/α,β-unsaturated/α-hetero) is 1. The van der Waals surface area contributed by atoms with E-state index in [1.165, 1.54) is 0 Å². The lowest BCUT2D eigenvalue weighted by Gasteiger charge is -2.03. The summed E-state index contributed by atoms with van der Waals surface area (Å²) in [6.07, 6.45) is 5.35. The van der Waals surface area contributed by atoms with Gasteiger partial charge in [0, 0.05) is 5.57 Å². The number of hydrogen-bond acceptors (Lipinski definition) is 1. The zero-order valence-corrected chi connectivity index (χ0v) is 9.49. The molecule has 15 heavy (non-hydrogen) atoms. The Hall–Kier alpha value is -1.37. The van der Waals surface area contributed by atoms with Crippen LogP contribution < -0.4 is 0 Å². The van der Waals surface area contributed by atoms with Crippen LogP contribution in [0.15, 0.2) is 36.4 Å². The van der Waals surface area contributed by atoms with Crippen molar-refractivity contribution in [3.63, 3.8) is 0 Å². The van der Waals surface area contributed by atoms with Gasteiger partial charge in [0.25, 0.3) is 0 Å². The van der Waals surface area contributed by atoms with E-state index in [1.54, 1.807) is 6.92 Å². The number of benzene rings is 1. The van der Waals surface area contributed by atoms with Crippen LogP contribution >= 0.6 is 0 Å². The second-order valence-electron chi connectivity index (χ2n) is 3.68. The van der Waals surface area contributed by atoms with Crippen LogP contribution in [-0.4, -0.2) is 5.78 Å². The summed E-state index contributed by atoms with van der Waals surface area (Å²) in [4.78, 5) is 11.5. The number of carbonyl (C=O) groups is 1. The summed E-state index contributed by atoms with van der Waals surface area (Å²) < 4.78 is 0. The zero-order valence-electron chi connectivity index (χ0n) is 9.49. The van der Waals surface area contributed by atoms with Gasteiger partial charge in [-0.2, -0.15) is 0 Å². The van der Waals surface area contributed by atoms with E-state index >= 15 is 0 Å². The van der Waals surface area contributed by atoms with Crippen molar-refractivity contribution in [2.75, 3.05) is 0 Å². The minimum Gasteiger partial charge on any atom is -0.295 e. The van der Waals surface area contributed by atoms with Crippen molar-refractivity contribution >= 4 is 11.4 Å². The van der Waals surface area contributed by atoms with Crippen LogP contribution in [0.5, 0.6) is 0 Å². The minimum atomic E-state index is 0.150. The molecule has 0 fully saturated rings.